The van der Waals surface area contributed by atoms with Crippen molar-refractivity contribution >= 4 is 34.8 Å². The third-order valence-corrected chi connectivity index (χ3v) is 4.62. The fourth-order valence-corrected chi connectivity index (χ4v) is 3.31. The molecular weight excluding hydrogens is 328 g/mol. The van der Waals surface area contributed by atoms with Crippen molar-refractivity contribution in [2.75, 3.05) is 0 Å². The fraction of sp³-hybridized carbons (Fsp3) is 0.125. The first kappa shape index (κ1) is 14.6. The second-order valence-corrected chi connectivity index (χ2v) is 6.38. The largest absolute Gasteiger partial charge is 0.334 e. The van der Waals surface area contributed by atoms with Gasteiger partial charge in [-0.25, -0.2) is 14.7 Å². The summed E-state index contributed by atoms with van der Waals surface area (Å²) in [6.45, 7) is 0.0920. The summed E-state index contributed by atoms with van der Waals surface area (Å²) in [7, 11) is 0. The molecule has 0 aromatic carbocycles. The summed E-state index contributed by atoms with van der Waals surface area (Å²) in [5, 5.41) is 1.86. The van der Waals surface area contributed by atoms with Crippen molar-refractivity contribution in [2.24, 2.45) is 0 Å². The van der Waals surface area contributed by atoms with Gasteiger partial charge in [0.1, 0.15) is 5.65 Å². The molecule has 1 fully saturated rings. The maximum Gasteiger partial charge on any atom is 0.334 e. The Labute approximate surface area is 140 Å². The topological polar surface area (TPSA) is 75.0 Å². The van der Waals surface area contributed by atoms with E-state index in [2.05, 4.69) is 4.98 Å². The average Bonchev–Trinajstić information content (AvgIpc) is 3.27. The molecule has 1 saturated heterocycles. The SMILES string of the molecule is O=C1C(=O)N(Cc2cccs2)C(=O)N1Cc1cn2ccccc2n1. The Hall–Kier alpha value is -3.00. The van der Waals surface area contributed by atoms with Crippen LogP contribution < -0.4 is 0 Å². The van der Waals surface area contributed by atoms with Crippen LogP contribution in [0.25, 0.3) is 5.65 Å². The number of nitrogens with zero attached hydrogens (tertiary/aromatic N) is 4. The third-order valence-electron chi connectivity index (χ3n) is 3.76. The molecule has 0 spiro atoms. The maximum atomic E-state index is 12.5. The highest BCUT2D eigenvalue weighted by molar-refractivity contribution is 7.09. The summed E-state index contributed by atoms with van der Waals surface area (Å²) in [6, 6.07) is 8.59. The summed E-state index contributed by atoms with van der Waals surface area (Å²) in [4.78, 5) is 43.8. The number of carbonyl (C=O) groups is 3. The fourth-order valence-electron chi connectivity index (χ4n) is 2.61. The van der Waals surface area contributed by atoms with E-state index in [1.807, 2.05) is 41.9 Å². The second kappa shape index (κ2) is 5.57. The summed E-state index contributed by atoms with van der Waals surface area (Å²) in [5.41, 5.74) is 1.27. The van der Waals surface area contributed by atoms with E-state index in [9.17, 15) is 14.4 Å². The lowest BCUT2D eigenvalue weighted by atomic mass is 10.4. The van der Waals surface area contributed by atoms with E-state index >= 15 is 0 Å². The number of fused-ring (bicyclic) bond motifs is 1. The van der Waals surface area contributed by atoms with Gasteiger partial charge >= 0.3 is 17.8 Å². The Kier molecular flexibility index (Phi) is 3.39. The number of pyridine rings is 1. The van der Waals surface area contributed by atoms with Crippen molar-refractivity contribution in [3.05, 3.63) is 58.7 Å². The quantitative estimate of drug-likeness (QED) is 0.537. The number of imide groups is 2. The van der Waals surface area contributed by atoms with Gasteiger partial charge in [0.15, 0.2) is 0 Å². The van der Waals surface area contributed by atoms with Gasteiger partial charge in [0.2, 0.25) is 0 Å². The molecule has 0 saturated carbocycles. The Morgan fingerprint density at radius 3 is 2.46 bits per heavy atom. The minimum Gasteiger partial charge on any atom is -0.307 e. The van der Waals surface area contributed by atoms with Crippen LogP contribution in [0.5, 0.6) is 0 Å². The Morgan fingerprint density at radius 2 is 1.75 bits per heavy atom. The van der Waals surface area contributed by atoms with Crippen LogP contribution in [-0.2, 0) is 22.7 Å². The predicted molar refractivity (Wildman–Crippen MR) is 86.0 cm³/mol. The van der Waals surface area contributed by atoms with Crippen LogP contribution in [0, 0.1) is 0 Å². The Bertz CT molecular complexity index is 914. The molecule has 4 heterocycles. The van der Waals surface area contributed by atoms with Crippen molar-refractivity contribution < 1.29 is 14.4 Å². The van der Waals surface area contributed by atoms with Gasteiger partial charge in [0.25, 0.3) is 0 Å². The van der Waals surface area contributed by atoms with Gasteiger partial charge in [-0.3, -0.25) is 14.5 Å². The first-order chi connectivity index (χ1) is 11.6. The number of thiophene rings is 1. The molecule has 0 aliphatic carbocycles. The standard InChI is InChI=1S/C16H12N4O3S/c21-14-15(22)20(10-12-4-3-7-24-12)16(23)19(14)9-11-8-18-6-2-1-5-13(18)17-11/h1-8H,9-10H2. The van der Waals surface area contributed by atoms with E-state index in [1.54, 1.807) is 10.6 Å². The molecule has 3 aromatic heterocycles. The van der Waals surface area contributed by atoms with Crippen molar-refractivity contribution in [1.82, 2.24) is 19.2 Å². The van der Waals surface area contributed by atoms with E-state index in [4.69, 9.17) is 0 Å². The lowest BCUT2D eigenvalue weighted by Gasteiger charge is -2.13. The zero-order valence-corrected chi connectivity index (χ0v) is 13.3. The molecular formula is C16H12N4O3S. The van der Waals surface area contributed by atoms with Gasteiger partial charge < -0.3 is 4.40 Å². The zero-order chi connectivity index (χ0) is 16.7. The van der Waals surface area contributed by atoms with Gasteiger partial charge in [-0.15, -0.1) is 11.3 Å². The van der Waals surface area contributed by atoms with E-state index < -0.39 is 17.8 Å². The molecule has 0 N–H and O–H groups in total. The number of rotatable bonds is 4. The molecule has 0 radical (unpaired) electrons. The van der Waals surface area contributed by atoms with Crippen LogP contribution in [0.4, 0.5) is 4.79 Å². The number of carbonyl (C=O) groups excluding carboxylic acids is 3. The molecule has 4 amide bonds. The second-order valence-electron chi connectivity index (χ2n) is 5.34. The van der Waals surface area contributed by atoms with E-state index in [0.717, 1.165) is 14.7 Å². The molecule has 4 rings (SSSR count). The minimum absolute atomic E-state index is 0.0218. The molecule has 8 heteroatoms. The van der Waals surface area contributed by atoms with Crippen LogP contribution in [-0.4, -0.2) is 37.0 Å². The monoisotopic (exact) mass is 340 g/mol. The van der Waals surface area contributed by atoms with E-state index in [-0.39, 0.29) is 13.1 Å². The number of aromatic nitrogens is 2. The first-order valence-electron chi connectivity index (χ1n) is 7.26. The van der Waals surface area contributed by atoms with Crippen LogP contribution in [0.15, 0.2) is 48.1 Å². The molecule has 120 valence electrons. The predicted octanol–water partition coefficient (Wildman–Crippen LogP) is 1.89. The highest BCUT2D eigenvalue weighted by Crippen LogP contribution is 2.20. The molecule has 0 unspecified atom stereocenters. The summed E-state index contributed by atoms with van der Waals surface area (Å²) in [5.74, 6) is -1.61. The number of imidazole rings is 1. The Balaban J connectivity index is 1.57. The van der Waals surface area contributed by atoms with Gasteiger partial charge in [-0.2, -0.15) is 0 Å². The maximum absolute atomic E-state index is 12.5. The first-order valence-corrected chi connectivity index (χ1v) is 8.14. The molecule has 1 aliphatic rings. The van der Waals surface area contributed by atoms with Gasteiger partial charge in [-0.05, 0) is 23.6 Å². The number of hydrogen-bond donors (Lipinski definition) is 0. The van der Waals surface area contributed by atoms with Gasteiger partial charge in [0.05, 0.1) is 18.8 Å². The number of urea groups is 1. The highest BCUT2D eigenvalue weighted by Gasteiger charge is 2.44. The van der Waals surface area contributed by atoms with Gasteiger partial charge in [-0.1, -0.05) is 12.1 Å². The van der Waals surface area contributed by atoms with Crippen molar-refractivity contribution in [3.8, 4) is 0 Å². The van der Waals surface area contributed by atoms with Crippen LogP contribution in [0.1, 0.15) is 10.6 Å². The number of hydrogen-bond acceptors (Lipinski definition) is 5. The van der Waals surface area contributed by atoms with Crippen molar-refractivity contribution in [3.63, 3.8) is 0 Å². The smallest absolute Gasteiger partial charge is 0.307 e. The average molecular weight is 340 g/mol. The molecule has 24 heavy (non-hydrogen) atoms. The minimum atomic E-state index is -0.811. The van der Waals surface area contributed by atoms with Crippen molar-refractivity contribution in [2.45, 2.75) is 13.1 Å². The normalized spacial score (nSPS) is 15.1. The molecule has 1 aliphatic heterocycles. The van der Waals surface area contributed by atoms with E-state index in [1.165, 1.54) is 11.3 Å². The summed E-state index contributed by atoms with van der Waals surface area (Å²) >= 11 is 1.43. The van der Waals surface area contributed by atoms with Gasteiger partial charge in [0, 0.05) is 17.3 Å². The molecule has 7 nitrogen and oxygen atoms in total. The van der Waals surface area contributed by atoms with Crippen LogP contribution >= 0.6 is 11.3 Å². The van der Waals surface area contributed by atoms with Crippen molar-refractivity contribution in [1.29, 1.82) is 0 Å². The lowest BCUT2D eigenvalue weighted by molar-refractivity contribution is -0.143. The number of amides is 4. The molecule has 3 aromatic rings. The molecule has 0 bridgehead atoms. The zero-order valence-electron chi connectivity index (χ0n) is 12.5. The summed E-state index contributed by atoms with van der Waals surface area (Å²) < 4.78 is 1.80. The van der Waals surface area contributed by atoms with Crippen LogP contribution in [0.2, 0.25) is 0 Å². The Morgan fingerprint density at radius 1 is 0.958 bits per heavy atom. The highest BCUT2D eigenvalue weighted by atomic mass is 32.1. The molecule has 0 atom stereocenters. The lowest BCUT2D eigenvalue weighted by Crippen LogP contribution is -2.32. The third kappa shape index (κ3) is 2.37. The van der Waals surface area contributed by atoms with E-state index in [0.29, 0.717) is 11.3 Å². The summed E-state index contributed by atoms with van der Waals surface area (Å²) in [6.07, 6.45) is 3.57. The van der Waals surface area contributed by atoms with Crippen LogP contribution in [0.3, 0.4) is 0 Å².